The molecule has 0 radical (unpaired) electrons. The number of hydrogen-bond donors (Lipinski definition) is 2. The molecule has 31 heavy (non-hydrogen) atoms. The molecule has 0 aliphatic carbocycles. The van der Waals surface area contributed by atoms with Crippen LogP contribution in [0.5, 0.6) is 0 Å². The molecule has 1 aromatic carbocycles. The van der Waals surface area contributed by atoms with Crippen molar-refractivity contribution in [2.24, 2.45) is 0 Å². The molecular weight excluding hydrogens is 420 g/mol. The van der Waals surface area contributed by atoms with Crippen LogP contribution in [0.15, 0.2) is 24.3 Å². The maximum Gasteiger partial charge on any atom is 0.322 e. The van der Waals surface area contributed by atoms with E-state index in [1.807, 2.05) is 0 Å². The standard InChI is InChI=1S/C22H31ClN4O4/c1-16-20(29)26(10-4-7-19(28)25-11-8-22(2,31)9-12-25)13-14-27(16)21(30)24-18-6-3-5-17(23)15-18/h3,5-6,15-16,31H,4,7-14H2,1-2H3,(H,24,30)/t16-/m0/s1. The summed E-state index contributed by atoms with van der Waals surface area (Å²) in [6.07, 6.45) is 2.14. The molecule has 2 N–H and O–H groups in total. The van der Waals surface area contributed by atoms with Gasteiger partial charge in [-0.05, 0) is 51.3 Å². The number of urea groups is 1. The molecule has 0 bridgehead atoms. The number of piperazine rings is 1. The fourth-order valence-electron chi connectivity index (χ4n) is 4.01. The molecule has 8 nitrogen and oxygen atoms in total. The van der Waals surface area contributed by atoms with Gasteiger partial charge in [0.1, 0.15) is 6.04 Å². The molecule has 2 saturated heterocycles. The van der Waals surface area contributed by atoms with E-state index in [1.54, 1.807) is 47.9 Å². The first-order chi connectivity index (χ1) is 14.7. The SMILES string of the molecule is C[C@H]1C(=O)N(CCCC(=O)N2CCC(C)(O)CC2)CCN1C(=O)Nc1cccc(Cl)c1. The molecule has 4 amide bonds. The Morgan fingerprint density at radius 3 is 2.61 bits per heavy atom. The second-order valence-electron chi connectivity index (χ2n) is 8.62. The average Bonchev–Trinajstić information content (AvgIpc) is 2.71. The van der Waals surface area contributed by atoms with Crippen molar-refractivity contribution in [2.45, 2.75) is 51.2 Å². The summed E-state index contributed by atoms with van der Waals surface area (Å²) in [4.78, 5) is 42.8. The number of nitrogens with one attached hydrogen (secondary N) is 1. The van der Waals surface area contributed by atoms with Crippen LogP contribution in [-0.4, -0.2) is 82.0 Å². The summed E-state index contributed by atoms with van der Waals surface area (Å²) in [6.45, 7) is 6.02. The molecule has 1 aromatic rings. The van der Waals surface area contributed by atoms with Crippen LogP contribution in [0.2, 0.25) is 5.02 Å². The number of rotatable bonds is 5. The maximum atomic E-state index is 12.8. The monoisotopic (exact) mass is 450 g/mol. The number of anilines is 1. The Hall–Kier alpha value is -2.32. The van der Waals surface area contributed by atoms with Gasteiger partial charge in [0.2, 0.25) is 11.8 Å². The summed E-state index contributed by atoms with van der Waals surface area (Å²) in [5.41, 5.74) is -0.102. The highest BCUT2D eigenvalue weighted by Gasteiger charge is 2.34. The number of halogens is 1. The third-order valence-electron chi connectivity index (χ3n) is 6.10. The molecule has 3 rings (SSSR count). The van der Waals surface area contributed by atoms with Gasteiger partial charge in [0, 0.05) is 49.9 Å². The Morgan fingerprint density at radius 2 is 1.94 bits per heavy atom. The lowest BCUT2D eigenvalue weighted by molar-refractivity contribution is -0.140. The largest absolute Gasteiger partial charge is 0.390 e. The van der Waals surface area contributed by atoms with Crippen molar-refractivity contribution < 1.29 is 19.5 Å². The zero-order valence-corrected chi connectivity index (χ0v) is 18.9. The Bertz CT molecular complexity index is 821. The summed E-state index contributed by atoms with van der Waals surface area (Å²) in [5, 5.41) is 13.3. The predicted octanol–water partition coefficient (Wildman–Crippen LogP) is 2.56. The average molecular weight is 451 g/mol. The Morgan fingerprint density at radius 1 is 1.23 bits per heavy atom. The van der Waals surface area contributed by atoms with Crippen LogP contribution in [0.3, 0.4) is 0 Å². The van der Waals surface area contributed by atoms with Gasteiger partial charge in [0.15, 0.2) is 0 Å². The highest BCUT2D eigenvalue weighted by molar-refractivity contribution is 6.30. The zero-order chi connectivity index (χ0) is 22.6. The van der Waals surface area contributed by atoms with Crippen LogP contribution >= 0.6 is 11.6 Å². The van der Waals surface area contributed by atoms with Gasteiger partial charge in [0.05, 0.1) is 5.60 Å². The van der Waals surface area contributed by atoms with Crippen LogP contribution in [0.4, 0.5) is 10.5 Å². The van der Waals surface area contributed by atoms with E-state index < -0.39 is 11.6 Å². The number of aliphatic hydroxyl groups is 1. The first-order valence-electron chi connectivity index (χ1n) is 10.8. The minimum absolute atomic E-state index is 0.0653. The molecule has 0 aromatic heterocycles. The molecule has 2 fully saturated rings. The first-order valence-corrected chi connectivity index (χ1v) is 11.2. The van der Waals surface area contributed by atoms with E-state index in [2.05, 4.69) is 5.32 Å². The minimum atomic E-state index is -0.682. The van der Waals surface area contributed by atoms with E-state index >= 15 is 0 Å². The molecule has 0 unspecified atom stereocenters. The van der Waals surface area contributed by atoms with E-state index in [0.717, 1.165) is 0 Å². The zero-order valence-electron chi connectivity index (χ0n) is 18.1. The van der Waals surface area contributed by atoms with Crippen molar-refractivity contribution in [3.05, 3.63) is 29.3 Å². The number of hydrogen-bond acceptors (Lipinski definition) is 4. The lowest BCUT2D eigenvalue weighted by atomic mass is 9.93. The molecule has 2 aliphatic rings. The minimum Gasteiger partial charge on any atom is -0.390 e. The number of piperidine rings is 1. The number of likely N-dealkylation sites (tertiary alicyclic amines) is 1. The van der Waals surface area contributed by atoms with E-state index in [0.29, 0.717) is 69.1 Å². The van der Waals surface area contributed by atoms with Crippen LogP contribution in [0, 0.1) is 0 Å². The van der Waals surface area contributed by atoms with Gasteiger partial charge in [-0.15, -0.1) is 0 Å². The Balaban J connectivity index is 1.44. The van der Waals surface area contributed by atoms with Crippen LogP contribution in [-0.2, 0) is 9.59 Å². The van der Waals surface area contributed by atoms with Crippen LogP contribution < -0.4 is 5.32 Å². The lowest BCUT2D eigenvalue weighted by Crippen LogP contribution is -2.58. The van der Waals surface area contributed by atoms with Crippen molar-refractivity contribution in [3.8, 4) is 0 Å². The highest BCUT2D eigenvalue weighted by atomic mass is 35.5. The van der Waals surface area contributed by atoms with E-state index in [9.17, 15) is 19.5 Å². The number of carbonyl (C=O) groups excluding carboxylic acids is 3. The molecule has 2 heterocycles. The molecule has 2 aliphatic heterocycles. The van der Waals surface area contributed by atoms with Gasteiger partial charge >= 0.3 is 6.03 Å². The summed E-state index contributed by atoms with van der Waals surface area (Å²) >= 11 is 5.95. The summed E-state index contributed by atoms with van der Waals surface area (Å²) in [5.74, 6) is -0.0514. The van der Waals surface area contributed by atoms with E-state index in [-0.39, 0.29) is 17.8 Å². The molecular formula is C22H31ClN4O4. The number of carbonyl (C=O) groups is 3. The van der Waals surface area contributed by atoms with Crippen molar-refractivity contribution in [3.63, 3.8) is 0 Å². The third kappa shape index (κ3) is 6.11. The first kappa shape index (κ1) is 23.3. The fraction of sp³-hybridized carbons (Fsp3) is 0.591. The van der Waals surface area contributed by atoms with Crippen molar-refractivity contribution >= 4 is 35.1 Å². The Labute approximate surface area is 188 Å². The summed E-state index contributed by atoms with van der Waals surface area (Å²) < 4.78 is 0. The molecule has 0 saturated carbocycles. The van der Waals surface area contributed by atoms with Crippen molar-refractivity contribution in [2.75, 3.05) is 38.0 Å². The maximum absolute atomic E-state index is 12.8. The van der Waals surface area contributed by atoms with Gasteiger partial charge in [0.25, 0.3) is 0 Å². The third-order valence-corrected chi connectivity index (χ3v) is 6.33. The molecule has 170 valence electrons. The molecule has 0 spiro atoms. The fourth-order valence-corrected chi connectivity index (χ4v) is 4.20. The van der Waals surface area contributed by atoms with Gasteiger partial charge in [-0.25, -0.2) is 4.79 Å². The summed E-state index contributed by atoms with van der Waals surface area (Å²) in [7, 11) is 0. The van der Waals surface area contributed by atoms with Gasteiger partial charge < -0.3 is 25.1 Å². The quantitative estimate of drug-likeness (QED) is 0.721. The lowest BCUT2D eigenvalue weighted by Gasteiger charge is -2.39. The van der Waals surface area contributed by atoms with Crippen LogP contribution in [0.1, 0.15) is 39.5 Å². The van der Waals surface area contributed by atoms with Crippen molar-refractivity contribution in [1.29, 1.82) is 0 Å². The van der Waals surface area contributed by atoms with E-state index in [4.69, 9.17) is 11.6 Å². The normalized spacial score (nSPS) is 21.2. The van der Waals surface area contributed by atoms with Crippen molar-refractivity contribution in [1.82, 2.24) is 14.7 Å². The second kappa shape index (κ2) is 9.87. The second-order valence-corrected chi connectivity index (χ2v) is 9.05. The molecule has 1 atom stereocenters. The smallest absolute Gasteiger partial charge is 0.322 e. The predicted molar refractivity (Wildman–Crippen MR) is 119 cm³/mol. The topological polar surface area (TPSA) is 93.2 Å². The number of amides is 4. The van der Waals surface area contributed by atoms with Crippen LogP contribution in [0.25, 0.3) is 0 Å². The molecule has 9 heteroatoms. The Kier molecular flexibility index (Phi) is 7.43. The van der Waals surface area contributed by atoms with Gasteiger partial charge in [-0.1, -0.05) is 17.7 Å². The highest BCUT2D eigenvalue weighted by Crippen LogP contribution is 2.22. The van der Waals surface area contributed by atoms with Gasteiger partial charge in [-0.3, -0.25) is 9.59 Å². The number of nitrogens with zero attached hydrogens (tertiary/aromatic N) is 3. The summed E-state index contributed by atoms with van der Waals surface area (Å²) in [6, 6.07) is 5.96. The van der Waals surface area contributed by atoms with E-state index in [1.165, 1.54) is 4.90 Å². The van der Waals surface area contributed by atoms with Gasteiger partial charge in [-0.2, -0.15) is 0 Å². The number of benzene rings is 1.